The highest BCUT2D eigenvalue weighted by molar-refractivity contribution is 6.13. The molecule has 0 atom stereocenters. The van der Waals surface area contributed by atoms with Crippen molar-refractivity contribution in [3.63, 3.8) is 0 Å². The van der Waals surface area contributed by atoms with E-state index in [0.29, 0.717) is 34.0 Å². The van der Waals surface area contributed by atoms with E-state index in [1.807, 2.05) is 30.3 Å². The molecule has 0 bridgehead atoms. The lowest BCUT2D eigenvalue weighted by Gasteiger charge is -2.13. The van der Waals surface area contributed by atoms with Crippen molar-refractivity contribution in [2.75, 3.05) is 14.2 Å². The Morgan fingerprint density at radius 3 is 2.05 bits per heavy atom. The Bertz CT molecular complexity index is 1600. The van der Waals surface area contributed by atoms with Crippen LogP contribution in [0.15, 0.2) is 106 Å². The molecule has 0 unspecified atom stereocenters. The number of carbonyl (C=O) groups excluding carboxylic acids is 1. The van der Waals surface area contributed by atoms with Crippen molar-refractivity contribution in [3.8, 4) is 28.6 Å². The first kappa shape index (κ1) is 23.9. The van der Waals surface area contributed by atoms with E-state index < -0.39 is 11.2 Å². The standard InChI is InChI=1S/C31H24O6/c1-34-23-15-11-21(12-16-23)29(32)28-30(33)27-25(36-19-20-7-4-3-5-8-20)9-6-10-26(27)37-31(28)22-13-17-24(35-2)18-14-22/h3-18H,19H2,1-2H3. The van der Waals surface area contributed by atoms with Gasteiger partial charge in [0.25, 0.3) is 0 Å². The first-order chi connectivity index (χ1) is 18.1. The second-order valence-electron chi connectivity index (χ2n) is 8.32. The summed E-state index contributed by atoms with van der Waals surface area (Å²) < 4.78 is 22.7. The number of benzene rings is 4. The fraction of sp³-hybridized carbons (Fsp3) is 0.0968. The maximum absolute atomic E-state index is 14.0. The van der Waals surface area contributed by atoms with Crippen molar-refractivity contribution in [3.05, 3.63) is 124 Å². The van der Waals surface area contributed by atoms with Crippen LogP contribution in [0.3, 0.4) is 0 Å². The van der Waals surface area contributed by atoms with Crippen LogP contribution in [-0.4, -0.2) is 20.0 Å². The number of ketones is 1. The monoisotopic (exact) mass is 492 g/mol. The molecule has 6 nitrogen and oxygen atoms in total. The van der Waals surface area contributed by atoms with E-state index in [1.165, 1.54) is 0 Å². The van der Waals surface area contributed by atoms with E-state index in [1.54, 1.807) is 80.9 Å². The lowest BCUT2D eigenvalue weighted by Crippen LogP contribution is -2.18. The Morgan fingerprint density at radius 2 is 1.41 bits per heavy atom. The summed E-state index contributed by atoms with van der Waals surface area (Å²) in [5.41, 5.74) is 1.66. The van der Waals surface area contributed by atoms with Crippen molar-refractivity contribution in [1.29, 1.82) is 0 Å². The fourth-order valence-electron chi connectivity index (χ4n) is 4.10. The predicted octanol–water partition coefficient (Wildman–Crippen LogP) is 6.29. The molecule has 5 rings (SSSR count). The van der Waals surface area contributed by atoms with E-state index in [0.717, 1.165) is 5.56 Å². The molecular weight excluding hydrogens is 468 g/mol. The highest BCUT2D eigenvalue weighted by atomic mass is 16.5. The Balaban J connectivity index is 1.68. The average molecular weight is 493 g/mol. The maximum atomic E-state index is 14.0. The van der Waals surface area contributed by atoms with Crippen molar-refractivity contribution in [2.24, 2.45) is 0 Å². The van der Waals surface area contributed by atoms with Gasteiger partial charge in [-0.05, 0) is 66.2 Å². The minimum atomic E-state index is -0.462. The molecule has 1 aromatic heterocycles. The molecular formula is C31H24O6. The zero-order chi connectivity index (χ0) is 25.8. The molecule has 0 spiro atoms. The normalized spacial score (nSPS) is 10.8. The summed E-state index contributed by atoms with van der Waals surface area (Å²) in [5.74, 6) is 1.32. The van der Waals surface area contributed by atoms with Gasteiger partial charge in [-0.15, -0.1) is 0 Å². The van der Waals surface area contributed by atoms with Gasteiger partial charge < -0.3 is 18.6 Å². The van der Waals surface area contributed by atoms with Crippen LogP contribution in [-0.2, 0) is 6.61 Å². The smallest absolute Gasteiger partial charge is 0.208 e. The number of hydrogen-bond acceptors (Lipinski definition) is 6. The fourth-order valence-corrected chi connectivity index (χ4v) is 4.10. The summed E-state index contributed by atoms with van der Waals surface area (Å²) in [6.45, 7) is 0.265. The maximum Gasteiger partial charge on any atom is 0.208 e. The third-order valence-corrected chi connectivity index (χ3v) is 6.05. The van der Waals surface area contributed by atoms with Gasteiger partial charge in [0.1, 0.15) is 46.1 Å². The van der Waals surface area contributed by atoms with Crippen LogP contribution in [0.1, 0.15) is 21.5 Å². The molecule has 184 valence electrons. The van der Waals surface area contributed by atoms with Crippen LogP contribution in [0.2, 0.25) is 0 Å². The van der Waals surface area contributed by atoms with Gasteiger partial charge in [0, 0.05) is 11.1 Å². The van der Waals surface area contributed by atoms with Crippen LogP contribution in [0.5, 0.6) is 17.2 Å². The third-order valence-electron chi connectivity index (χ3n) is 6.05. The third kappa shape index (κ3) is 4.82. The van der Waals surface area contributed by atoms with Gasteiger partial charge in [-0.1, -0.05) is 36.4 Å². The van der Waals surface area contributed by atoms with E-state index in [-0.39, 0.29) is 23.3 Å². The van der Waals surface area contributed by atoms with Gasteiger partial charge in [-0.25, -0.2) is 0 Å². The molecule has 0 amide bonds. The van der Waals surface area contributed by atoms with Crippen molar-refractivity contribution in [2.45, 2.75) is 6.61 Å². The molecule has 37 heavy (non-hydrogen) atoms. The number of ether oxygens (including phenoxy) is 3. The summed E-state index contributed by atoms with van der Waals surface area (Å²) in [6, 6.07) is 28.4. The second-order valence-corrected chi connectivity index (χ2v) is 8.32. The van der Waals surface area contributed by atoms with Crippen LogP contribution in [0.25, 0.3) is 22.3 Å². The Hall–Kier alpha value is -4.84. The first-order valence-corrected chi connectivity index (χ1v) is 11.7. The molecule has 4 aromatic carbocycles. The minimum absolute atomic E-state index is 0.0707. The molecule has 0 saturated heterocycles. The Kier molecular flexibility index (Phi) is 6.72. The number of rotatable bonds is 8. The number of carbonyl (C=O) groups is 1. The topological polar surface area (TPSA) is 75.0 Å². The van der Waals surface area contributed by atoms with Gasteiger partial charge in [-0.3, -0.25) is 9.59 Å². The zero-order valence-corrected chi connectivity index (χ0v) is 20.4. The lowest BCUT2D eigenvalue weighted by atomic mass is 9.97. The van der Waals surface area contributed by atoms with E-state index in [2.05, 4.69) is 0 Å². The SMILES string of the molecule is COc1ccc(C(=O)c2c(-c3ccc(OC)cc3)oc3cccc(OCc4ccccc4)c3c2=O)cc1. The highest BCUT2D eigenvalue weighted by Gasteiger charge is 2.25. The second kappa shape index (κ2) is 10.4. The van der Waals surface area contributed by atoms with Crippen LogP contribution < -0.4 is 19.6 Å². The molecule has 0 aliphatic heterocycles. The zero-order valence-electron chi connectivity index (χ0n) is 20.4. The largest absolute Gasteiger partial charge is 0.497 e. The first-order valence-electron chi connectivity index (χ1n) is 11.7. The van der Waals surface area contributed by atoms with Crippen LogP contribution in [0.4, 0.5) is 0 Å². The summed E-state index contributed by atoms with van der Waals surface area (Å²) in [7, 11) is 3.12. The Labute approximate surface area is 213 Å². The van der Waals surface area contributed by atoms with Crippen molar-refractivity contribution >= 4 is 16.8 Å². The van der Waals surface area contributed by atoms with Crippen LogP contribution in [0, 0.1) is 0 Å². The summed E-state index contributed by atoms with van der Waals surface area (Å²) in [5, 5.41) is 0.215. The van der Waals surface area contributed by atoms with Gasteiger partial charge in [0.2, 0.25) is 11.2 Å². The van der Waals surface area contributed by atoms with Gasteiger partial charge in [-0.2, -0.15) is 0 Å². The number of fused-ring (bicyclic) bond motifs is 1. The highest BCUT2D eigenvalue weighted by Crippen LogP contribution is 2.32. The molecule has 0 fully saturated rings. The van der Waals surface area contributed by atoms with Crippen molar-refractivity contribution < 1.29 is 23.4 Å². The van der Waals surface area contributed by atoms with E-state index in [4.69, 9.17) is 18.6 Å². The predicted molar refractivity (Wildman–Crippen MR) is 142 cm³/mol. The molecule has 0 N–H and O–H groups in total. The lowest BCUT2D eigenvalue weighted by molar-refractivity contribution is 0.103. The van der Waals surface area contributed by atoms with E-state index >= 15 is 0 Å². The van der Waals surface area contributed by atoms with Crippen LogP contribution >= 0.6 is 0 Å². The molecule has 0 radical (unpaired) electrons. The molecule has 0 aliphatic rings. The van der Waals surface area contributed by atoms with E-state index in [9.17, 15) is 9.59 Å². The quantitative estimate of drug-likeness (QED) is 0.237. The number of hydrogen-bond donors (Lipinski definition) is 0. The summed E-state index contributed by atoms with van der Waals surface area (Å²) in [6.07, 6.45) is 0. The summed E-state index contributed by atoms with van der Waals surface area (Å²) in [4.78, 5) is 27.8. The average Bonchev–Trinajstić information content (AvgIpc) is 2.96. The van der Waals surface area contributed by atoms with Gasteiger partial charge in [0.15, 0.2) is 0 Å². The number of methoxy groups -OCH3 is 2. The Morgan fingerprint density at radius 1 is 0.757 bits per heavy atom. The van der Waals surface area contributed by atoms with Gasteiger partial charge in [0.05, 0.1) is 14.2 Å². The molecule has 5 aromatic rings. The molecule has 6 heteroatoms. The minimum Gasteiger partial charge on any atom is -0.497 e. The van der Waals surface area contributed by atoms with Crippen molar-refractivity contribution in [1.82, 2.24) is 0 Å². The molecule has 0 saturated carbocycles. The molecule has 0 aliphatic carbocycles. The van der Waals surface area contributed by atoms with Gasteiger partial charge >= 0.3 is 0 Å². The molecule has 1 heterocycles. The summed E-state index contributed by atoms with van der Waals surface area (Å²) >= 11 is 0.